The van der Waals surface area contributed by atoms with Crippen LogP contribution in [0.15, 0.2) is 0 Å². The Bertz CT molecular complexity index is 477. The van der Waals surface area contributed by atoms with Crippen LogP contribution >= 0.6 is 0 Å². The van der Waals surface area contributed by atoms with E-state index in [4.69, 9.17) is 0 Å². The van der Waals surface area contributed by atoms with Crippen molar-refractivity contribution in [3.8, 4) is 0 Å². The van der Waals surface area contributed by atoms with Gasteiger partial charge in [0.2, 0.25) is 5.91 Å². The van der Waals surface area contributed by atoms with E-state index in [-0.39, 0.29) is 29.9 Å². The van der Waals surface area contributed by atoms with E-state index >= 15 is 0 Å². The van der Waals surface area contributed by atoms with Crippen LogP contribution in [-0.4, -0.2) is 45.0 Å². The van der Waals surface area contributed by atoms with E-state index in [1.807, 2.05) is 0 Å². The summed E-state index contributed by atoms with van der Waals surface area (Å²) < 4.78 is 23.0. The lowest BCUT2D eigenvalue weighted by Crippen LogP contribution is -2.47. The average molecular weight is 300 g/mol. The largest absolute Gasteiger partial charge is 0.356 e. The third kappa shape index (κ3) is 3.34. The number of amides is 1. The molecular formula is C14H24N2O3S. The summed E-state index contributed by atoms with van der Waals surface area (Å²) in [5, 5.41) is 6.13. The van der Waals surface area contributed by atoms with Crippen molar-refractivity contribution in [1.82, 2.24) is 10.6 Å². The van der Waals surface area contributed by atoms with Gasteiger partial charge >= 0.3 is 0 Å². The normalized spacial score (nSPS) is 38.8. The molecule has 1 heterocycles. The topological polar surface area (TPSA) is 75.3 Å². The molecule has 3 rings (SSSR count). The molecular weight excluding hydrogens is 276 g/mol. The number of carbonyl (C=O) groups excluding carboxylic acids is 1. The van der Waals surface area contributed by atoms with Crippen molar-refractivity contribution in [2.24, 2.45) is 17.8 Å². The first-order valence-corrected chi connectivity index (χ1v) is 9.54. The first kappa shape index (κ1) is 14.3. The van der Waals surface area contributed by atoms with E-state index in [9.17, 15) is 13.2 Å². The van der Waals surface area contributed by atoms with Gasteiger partial charge in [-0.05, 0) is 37.0 Å². The van der Waals surface area contributed by atoms with Crippen LogP contribution in [0.5, 0.6) is 0 Å². The van der Waals surface area contributed by atoms with Crippen LogP contribution in [0.4, 0.5) is 0 Å². The molecule has 0 spiro atoms. The molecule has 0 radical (unpaired) electrons. The third-order valence-corrected chi connectivity index (χ3v) is 6.92. The highest BCUT2D eigenvalue weighted by atomic mass is 32.2. The molecule has 4 unspecified atom stereocenters. The minimum atomic E-state index is -2.96. The molecule has 3 fully saturated rings. The second-order valence-electron chi connectivity index (χ2n) is 6.71. The Labute approximate surface area is 120 Å². The summed E-state index contributed by atoms with van der Waals surface area (Å²) in [6, 6.07) is -0.214. The summed E-state index contributed by atoms with van der Waals surface area (Å²) in [6.45, 7) is 1.24. The number of hydrogen-bond donors (Lipinski definition) is 2. The van der Waals surface area contributed by atoms with E-state index in [1.54, 1.807) is 0 Å². The van der Waals surface area contributed by atoms with Crippen molar-refractivity contribution in [3.63, 3.8) is 0 Å². The van der Waals surface area contributed by atoms with Gasteiger partial charge in [0.15, 0.2) is 9.84 Å². The Morgan fingerprint density at radius 1 is 1.25 bits per heavy atom. The highest BCUT2D eigenvalue weighted by molar-refractivity contribution is 7.91. The predicted octanol–water partition coefficient (Wildman–Crippen LogP) is 0.316. The fourth-order valence-corrected chi connectivity index (χ4v) is 5.61. The Hall–Kier alpha value is -0.620. The van der Waals surface area contributed by atoms with Gasteiger partial charge in [-0.3, -0.25) is 4.79 Å². The maximum absolute atomic E-state index is 11.9. The summed E-state index contributed by atoms with van der Waals surface area (Å²) in [7, 11) is -2.96. The van der Waals surface area contributed by atoms with Crippen LogP contribution in [0.2, 0.25) is 0 Å². The zero-order valence-electron chi connectivity index (χ0n) is 11.8. The van der Waals surface area contributed by atoms with Gasteiger partial charge in [0.05, 0.1) is 11.5 Å². The number of sulfone groups is 1. The molecule has 1 aliphatic heterocycles. The zero-order valence-corrected chi connectivity index (χ0v) is 12.6. The molecule has 1 amide bonds. The van der Waals surface area contributed by atoms with Crippen molar-refractivity contribution >= 4 is 15.7 Å². The van der Waals surface area contributed by atoms with Gasteiger partial charge in [0, 0.05) is 25.6 Å². The number of fused-ring (bicyclic) bond motifs is 2. The van der Waals surface area contributed by atoms with Gasteiger partial charge in [-0.15, -0.1) is 0 Å². The predicted molar refractivity (Wildman–Crippen MR) is 77.0 cm³/mol. The van der Waals surface area contributed by atoms with Gasteiger partial charge in [-0.25, -0.2) is 8.42 Å². The van der Waals surface area contributed by atoms with Gasteiger partial charge in [0.1, 0.15) is 0 Å². The van der Waals surface area contributed by atoms with Crippen molar-refractivity contribution in [2.75, 3.05) is 24.6 Å². The van der Waals surface area contributed by atoms with Crippen LogP contribution < -0.4 is 10.6 Å². The summed E-state index contributed by atoms with van der Waals surface area (Å²) in [6.07, 6.45) is 5.59. The molecule has 4 atom stereocenters. The zero-order chi connectivity index (χ0) is 14.2. The second kappa shape index (κ2) is 5.64. The molecule has 20 heavy (non-hydrogen) atoms. The Kier molecular flexibility index (Phi) is 4.04. The second-order valence-corrected chi connectivity index (χ2v) is 8.94. The Balaban J connectivity index is 1.41. The third-order valence-electron chi connectivity index (χ3n) is 5.18. The van der Waals surface area contributed by atoms with Gasteiger partial charge < -0.3 is 10.6 Å². The van der Waals surface area contributed by atoms with Gasteiger partial charge in [0.25, 0.3) is 0 Å². The minimum absolute atomic E-state index is 0.0117. The average Bonchev–Trinajstić information content (AvgIpc) is 2.97. The van der Waals surface area contributed by atoms with Crippen LogP contribution in [0, 0.1) is 17.8 Å². The van der Waals surface area contributed by atoms with E-state index in [1.165, 1.54) is 25.7 Å². The van der Waals surface area contributed by atoms with E-state index in [0.717, 1.165) is 18.4 Å². The van der Waals surface area contributed by atoms with Crippen molar-refractivity contribution in [1.29, 1.82) is 0 Å². The molecule has 2 aliphatic carbocycles. The van der Waals surface area contributed by atoms with E-state index in [2.05, 4.69) is 10.6 Å². The molecule has 0 aromatic carbocycles. The summed E-state index contributed by atoms with van der Waals surface area (Å²) in [5.41, 5.74) is 0. The number of rotatable bonds is 4. The summed E-state index contributed by atoms with van der Waals surface area (Å²) in [4.78, 5) is 11.9. The van der Waals surface area contributed by atoms with Gasteiger partial charge in [-0.2, -0.15) is 0 Å². The smallest absolute Gasteiger partial charge is 0.221 e. The Morgan fingerprint density at radius 3 is 2.75 bits per heavy atom. The quantitative estimate of drug-likeness (QED) is 0.784. The molecule has 6 heteroatoms. The fourth-order valence-electron chi connectivity index (χ4n) is 4.17. The SMILES string of the molecule is O=C(CC1CS(=O)(=O)CCN1)NCC1CC2CCC1C2. The fraction of sp³-hybridized carbons (Fsp3) is 0.929. The molecule has 114 valence electrons. The minimum Gasteiger partial charge on any atom is -0.356 e. The highest BCUT2D eigenvalue weighted by Crippen LogP contribution is 2.47. The first-order valence-electron chi connectivity index (χ1n) is 7.72. The van der Waals surface area contributed by atoms with E-state index < -0.39 is 9.84 Å². The number of carbonyl (C=O) groups is 1. The number of hydrogen-bond acceptors (Lipinski definition) is 4. The molecule has 2 N–H and O–H groups in total. The summed E-state index contributed by atoms with van der Waals surface area (Å²) in [5.74, 6) is 2.63. The molecule has 3 aliphatic rings. The van der Waals surface area contributed by atoms with Crippen LogP contribution in [-0.2, 0) is 14.6 Å². The van der Waals surface area contributed by atoms with E-state index in [0.29, 0.717) is 12.5 Å². The maximum Gasteiger partial charge on any atom is 0.221 e. The highest BCUT2D eigenvalue weighted by Gasteiger charge is 2.39. The lowest BCUT2D eigenvalue weighted by molar-refractivity contribution is -0.121. The molecule has 0 aromatic heterocycles. The molecule has 0 aromatic rings. The van der Waals surface area contributed by atoms with Gasteiger partial charge in [-0.1, -0.05) is 6.42 Å². The maximum atomic E-state index is 11.9. The van der Waals surface area contributed by atoms with Crippen LogP contribution in [0.25, 0.3) is 0 Å². The molecule has 5 nitrogen and oxygen atoms in total. The number of nitrogens with one attached hydrogen (secondary N) is 2. The Morgan fingerprint density at radius 2 is 2.10 bits per heavy atom. The van der Waals surface area contributed by atoms with Crippen LogP contribution in [0.3, 0.4) is 0 Å². The lowest BCUT2D eigenvalue weighted by atomic mass is 9.89. The molecule has 2 bridgehead atoms. The molecule has 1 saturated heterocycles. The lowest BCUT2D eigenvalue weighted by Gasteiger charge is -2.25. The standard InChI is InChI=1S/C14H24N2O3S/c17-14(7-13-9-20(18,19)4-3-15-13)16-8-12-6-10-1-2-11(12)5-10/h10-13,15H,1-9H2,(H,16,17). The van der Waals surface area contributed by atoms with Crippen molar-refractivity contribution < 1.29 is 13.2 Å². The summed E-state index contributed by atoms with van der Waals surface area (Å²) >= 11 is 0. The molecule has 2 saturated carbocycles. The van der Waals surface area contributed by atoms with Crippen LogP contribution in [0.1, 0.15) is 32.1 Å². The van der Waals surface area contributed by atoms with Crippen molar-refractivity contribution in [3.05, 3.63) is 0 Å². The monoisotopic (exact) mass is 300 g/mol. The van der Waals surface area contributed by atoms with Crippen molar-refractivity contribution in [2.45, 2.75) is 38.1 Å². The first-order chi connectivity index (χ1) is 9.52.